The maximum Gasteiger partial charge on any atom is 0.305 e. The van der Waals surface area contributed by atoms with E-state index in [1.165, 1.54) is 19.2 Å². The normalized spacial score (nSPS) is 10.8. The average Bonchev–Trinajstić information content (AvgIpc) is 2.92. The summed E-state index contributed by atoms with van der Waals surface area (Å²) < 4.78 is 10.5. The van der Waals surface area contributed by atoms with Gasteiger partial charge in [0.15, 0.2) is 0 Å². The summed E-state index contributed by atoms with van der Waals surface area (Å²) in [5, 5.41) is 15.5. The first kappa shape index (κ1) is 25.6. The average molecular weight is 502 g/mol. The molecule has 9 nitrogen and oxygen atoms in total. The van der Waals surface area contributed by atoms with Crippen LogP contribution >= 0.6 is 0 Å². The number of para-hydroxylation sites is 1. The lowest BCUT2D eigenvalue weighted by Crippen LogP contribution is -2.25. The van der Waals surface area contributed by atoms with Crippen LogP contribution in [-0.4, -0.2) is 35.4 Å². The second kappa shape index (κ2) is 11.9. The number of benzene rings is 3. The zero-order valence-corrected chi connectivity index (χ0v) is 20.4. The fourth-order valence-corrected chi connectivity index (χ4v) is 4.10. The minimum Gasteiger partial charge on any atom is -0.489 e. The first-order valence-corrected chi connectivity index (χ1v) is 12.0. The number of rotatable bonds is 11. The van der Waals surface area contributed by atoms with Crippen LogP contribution in [0, 0.1) is 10.1 Å². The SMILES string of the molecule is COC(=O)CCCCCNC(=O)c1c2ccccc2nc2cc(OCc3cccc([N+](=O)[O-])c3)ccc12. The Morgan fingerprint density at radius 1 is 0.946 bits per heavy atom. The molecule has 4 aromatic rings. The number of nitrogens with zero attached hydrogens (tertiary/aromatic N) is 2. The first-order valence-electron chi connectivity index (χ1n) is 12.0. The molecule has 0 saturated heterocycles. The minimum atomic E-state index is -0.441. The molecule has 1 aromatic heterocycles. The van der Waals surface area contributed by atoms with Gasteiger partial charge >= 0.3 is 5.97 Å². The number of carbonyl (C=O) groups excluding carboxylic acids is 2. The number of non-ortho nitro benzene ring substituents is 1. The molecule has 0 aliphatic rings. The van der Waals surface area contributed by atoms with Gasteiger partial charge < -0.3 is 14.8 Å². The molecular formula is C28H27N3O6. The molecule has 0 aliphatic carbocycles. The number of methoxy groups -OCH3 is 1. The van der Waals surface area contributed by atoms with Crippen molar-refractivity contribution in [1.82, 2.24) is 10.3 Å². The van der Waals surface area contributed by atoms with Gasteiger partial charge in [-0.1, -0.05) is 36.8 Å². The molecule has 1 heterocycles. The van der Waals surface area contributed by atoms with Gasteiger partial charge in [-0.3, -0.25) is 19.7 Å². The van der Waals surface area contributed by atoms with Gasteiger partial charge in [0.25, 0.3) is 11.6 Å². The Morgan fingerprint density at radius 2 is 1.76 bits per heavy atom. The number of nitrogens with one attached hydrogen (secondary N) is 1. The maximum atomic E-state index is 13.2. The van der Waals surface area contributed by atoms with Gasteiger partial charge in [-0.2, -0.15) is 0 Å². The third-order valence-electron chi connectivity index (χ3n) is 5.98. The first-order chi connectivity index (χ1) is 18.0. The molecule has 0 aliphatic heterocycles. The predicted molar refractivity (Wildman–Crippen MR) is 139 cm³/mol. The number of hydrogen-bond donors (Lipinski definition) is 1. The molecule has 0 spiro atoms. The van der Waals surface area contributed by atoms with Gasteiger partial charge in [-0.05, 0) is 36.6 Å². The number of aromatic nitrogens is 1. The maximum absolute atomic E-state index is 13.2. The summed E-state index contributed by atoms with van der Waals surface area (Å²) in [5.41, 5.74) is 2.52. The van der Waals surface area contributed by atoms with E-state index in [-0.39, 0.29) is 24.2 Å². The van der Waals surface area contributed by atoms with Crippen molar-refractivity contribution in [3.63, 3.8) is 0 Å². The highest BCUT2D eigenvalue weighted by molar-refractivity contribution is 6.16. The number of nitro benzene ring substituents is 1. The number of unbranched alkanes of at least 4 members (excludes halogenated alkanes) is 2. The number of ether oxygens (including phenoxy) is 2. The number of hydrogen-bond acceptors (Lipinski definition) is 7. The van der Waals surface area contributed by atoms with Gasteiger partial charge in [0.2, 0.25) is 0 Å². The number of esters is 1. The van der Waals surface area contributed by atoms with Crippen LogP contribution in [-0.2, 0) is 16.1 Å². The van der Waals surface area contributed by atoms with Crippen LogP contribution < -0.4 is 10.1 Å². The van der Waals surface area contributed by atoms with Crippen molar-refractivity contribution in [2.24, 2.45) is 0 Å². The van der Waals surface area contributed by atoms with E-state index in [9.17, 15) is 19.7 Å². The molecule has 0 saturated carbocycles. The zero-order chi connectivity index (χ0) is 26.2. The standard InChI is InChI=1S/C28H27N3O6/c1-36-26(32)12-3-2-6-15-29-28(33)27-22-10-4-5-11-24(22)30-25-17-21(13-14-23(25)27)37-18-19-8-7-9-20(16-19)31(34)35/h4-5,7-11,13-14,16-17H,2-3,6,12,15,18H2,1H3,(H,29,33). The monoisotopic (exact) mass is 501 g/mol. The summed E-state index contributed by atoms with van der Waals surface area (Å²) in [6.07, 6.45) is 2.64. The highest BCUT2D eigenvalue weighted by atomic mass is 16.6. The summed E-state index contributed by atoms with van der Waals surface area (Å²) in [5.74, 6) is 0.118. The lowest BCUT2D eigenvalue weighted by molar-refractivity contribution is -0.384. The smallest absolute Gasteiger partial charge is 0.305 e. The van der Waals surface area contributed by atoms with Crippen molar-refractivity contribution in [1.29, 1.82) is 0 Å². The molecular weight excluding hydrogens is 474 g/mol. The Hall–Kier alpha value is -4.53. The molecule has 190 valence electrons. The highest BCUT2D eigenvalue weighted by Gasteiger charge is 2.16. The highest BCUT2D eigenvalue weighted by Crippen LogP contribution is 2.29. The van der Waals surface area contributed by atoms with Gasteiger partial charge in [-0.25, -0.2) is 4.98 Å². The third kappa shape index (κ3) is 6.38. The summed E-state index contributed by atoms with van der Waals surface area (Å²) in [6, 6.07) is 19.1. The van der Waals surface area contributed by atoms with Crippen molar-refractivity contribution in [2.45, 2.75) is 32.3 Å². The Bertz CT molecular complexity index is 1450. The zero-order valence-electron chi connectivity index (χ0n) is 20.4. The lowest BCUT2D eigenvalue weighted by atomic mass is 10.0. The van der Waals surface area contributed by atoms with E-state index in [1.807, 2.05) is 30.3 Å². The molecule has 0 atom stereocenters. The molecule has 3 aromatic carbocycles. The van der Waals surface area contributed by atoms with Crippen LogP contribution in [0.15, 0.2) is 66.7 Å². The van der Waals surface area contributed by atoms with E-state index < -0.39 is 4.92 Å². The molecule has 0 fully saturated rings. The lowest BCUT2D eigenvalue weighted by Gasteiger charge is -2.13. The molecule has 0 unspecified atom stereocenters. The van der Waals surface area contributed by atoms with Crippen molar-refractivity contribution in [3.05, 3.63) is 88.0 Å². The molecule has 37 heavy (non-hydrogen) atoms. The van der Waals surface area contributed by atoms with Crippen LogP contribution in [0.5, 0.6) is 5.75 Å². The van der Waals surface area contributed by atoms with Gasteiger partial charge in [0.1, 0.15) is 12.4 Å². The van der Waals surface area contributed by atoms with E-state index in [0.29, 0.717) is 52.7 Å². The number of carbonyl (C=O) groups is 2. The van der Waals surface area contributed by atoms with E-state index >= 15 is 0 Å². The second-order valence-electron chi connectivity index (χ2n) is 8.54. The topological polar surface area (TPSA) is 121 Å². The van der Waals surface area contributed by atoms with E-state index in [0.717, 1.165) is 18.2 Å². The largest absolute Gasteiger partial charge is 0.489 e. The molecule has 1 amide bonds. The Kier molecular flexibility index (Phi) is 8.25. The van der Waals surface area contributed by atoms with Crippen LogP contribution in [0.2, 0.25) is 0 Å². The number of amides is 1. The fraction of sp³-hybridized carbons (Fsp3) is 0.250. The van der Waals surface area contributed by atoms with Crippen molar-refractivity contribution in [2.75, 3.05) is 13.7 Å². The summed E-state index contributed by atoms with van der Waals surface area (Å²) in [7, 11) is 1.37. The Morgan fingerprint density at radius 3 is 2.57 bits per heavy atom. The number of fused-ring (bicyclic) bond motifs is 2. The molecule has 0 radical (unpaired) electrons. The van der Waals surface area contributed by atoms with E-state index in [4.69, 9.17) is 9.72 Å². The summed E-state index contributed by atoms with van der Waals surface area (Å²) >= 11 is 0. The minimum absolute atomic E-state index is 0.00636. The molecule has 9 heteroatoms. The molecule has 1 N–H and O–H groups in total. The quantitative estimate of drug-likeness (QED) is 0.0968. The summed E-state index contributed by atoms with van der Waals surface area (Å²) in [4.78, 5) is 39.8. The van der Waals surface area contributed by atoms with Crippen LogP contribution in [0.25, 0.3) is 21.8 Å². The fourth-order valence-electron chi connectivity index (χ4n) is 4.10. The predicted octanol–water partition coefficient (Wildman–Crippen LogP) is 5.34. The van der Waals surface area contributed by atoms with Crippen LogP contribution in [0.1, 0.15) is 41.6 Å². The van der Waals surface area contributed by atoms with Crippen molar-refractivity contribution < 1.29 is 24.0 Å². The van der Waals surface area contributed by atoms with Gasteiger partial charge in [0, 0.05) is 41.9 Å². The van der Waals surface area contributed by atoms with Crippen LogP contribution in [0.4, 0.5) is 5.69 Å². The van der Waals surface area contributed by atoms with Crippen LogP contribution in [0.3, 0.4) is 0 Å². The third-order valence-corrected chi connectivity index (χ3v) is 5.98. The van der Waals surface area contributed by atoms with Crippen molar-refractivity contribution in [3.8, 4) is 5.75 Å². The van der Waals surface area contributed by atoms with Gasteiger partial charge in [0.05, 0.1) is 28.6 Å². The number of pyridine rings is 1. The summed E-state index contributed by atoms with van der Waals surface area (Å²) in [6.45, 7) is 0.645. The molecule has 4 rings (SSSR count). The van der Waals surface area contributed by atoms with E-state index in [1.54, 1.807) is 24.3 Å². The van der Waals surface area contributed by atoms with E-state index in [2.05, 4.69) is 10.1 Å². The second-order valence-corrected chi connectivity index (χ2v) is 8.54. The Balaban J connectivity index is 1.51. The number of nitro groups is 1. The van der Waals surface area contributed by atoms with Crippen molar-refractivity contribution >= 4 is 39.4 Å². The Labute approximate surface area is 213 Å². The molecule has 0 bridgehead atoms. The van der Waals surface area contributed by atoms with Gasteiger partial charge in [-0.15, -0.1) is 0 Å².